The first-order valence-corrected chi connectivity index (χ1v) is 7.51. The quantitative estimate of drug-likeness (QED) is 0.642. The summed E-state index contributed by atoms with van der Waals surface area (Å²) in [5.74, 6) is 0.655. The van der Waals surface area contributed by atoms with Crippen LogP contribution < -0.4 is 5.32 Å². The van der Waals surface area contributed by atoms with Gasteiger partial charge in [0.15, 0.2) is 0 Å². The second-order valence-corrected chi connectivity index (χ2v) is 5.69. The van der Waals surface area contributed by atoms with Crippen molar-refractivity contribution in [3.8, 4) is 22.6 Å². The molecule has 22 heavy (non-hydrogen) atoms. The number of hydrogen-bond acceptors (Lipinski definition) is 3. The number of fused-ring (bicyclic) bond motifs is 2. The number of aromatic hydroxyl groups is 2. The zero-order valence-electron chi connectivity index (χ0n) is 12.1. The number of phenolic OH excluding ortho intramolecular Hbond substituents is 2. The van der Waals surface area contributed by atoms with Gasteiger partial charge in [0.1, 0.15) is 11.5 Å². The molecule has 0 radical (unpaired) electrons. The smallest absolute Gasteiger partial charge is 0.123 e. The van der Waals surface area contributed by atoms with Gasteiger partial charge >= 0.3 is 0 Å². The van der Waals surface area contributed by atoms with Gasteiger partial charge in [-0.2, -0.15) is 0 Å². The number of rotatable bonds is 1. The lowest BCUT2D eigenvalue weighted by Gasteiger charge is -2.22. The van der Waals surface area contributed by atoms with Gasteiger partial charge in [0, 0.05) is 17.5 Å². The predicted octanol–water partition coefficient (Wildman–Crippen LogP) is 3.56. The van der Waals surface area contributed by atoms with Crippen LogP contribution in [0.4, 0.5) is 0 Å². The third-order valence-corrected chi connectivity index (χ3v) is 4.45. The average Bonchev–Trinajstić information content (AvgIpc) is 2.57. The summed E-state index contributed by atoms with van der Waals surface area (Å²) < 4.78 is 0. The Kier molecular flexibility index (Phi) is 3.01. The van der Waals surface area contributed by atoms with E-state index >= 15 is 0 Å². The highest BCUT2D eigenvalue weighted by molar-refractivity contribution is 6.00. The highest BCUT2D eigenvalue weighted by atomic mass is 16.3. The monoisotopic (exact) mass is 291 g/mol. The third-order valence-electron chi connectivity index (χ3n) is 4.45. The van der Waals surface area contributed by atoms with E-state index in [9.17, 15) is 10.2 Å². The Morgan fingerprint density at radius 2 is 1.45 bits per heavy atom. The topological polar surface area (TPSA) is 52.5 Å². The van der Waals surface area contributed by atoms with Crippen LogP contribution in [0.25, 0.3) is 21.9 Å². The molecular formula is C19H17NO2. The fraction of sp³-hybridized carbons (Fsp3) is 0.158. The van der Waals surface area contributed by atoms with E-state index in [-0.39, 0.29) is 0 Å². The van der Waals surface area contributed by atoms with Crippen molar-refractivity contribution in [1.29, 1.82) is 0 Å². The molecule has 0 bridgehead atoms. The molecule has 3 nitrogen and oxygen atoms in total. The Balaban J connectivity index is 2.03. The zero-order valence-corrected chi connectivity index (χ0v) is 12.1. The Hall–Kier alpha value is -2.52. The molecule has 1 aliphatic heterocycles. The standard InChI is InChI=1S/C19H17NO2/c21-18-7-5-13(12-3-1-2-4-16(12)18)14-6-8-19(22)17-11-20-10-9-15(14)17/h1-8,20-22H,9-11H2. The van der Waals surface area contributed by atoms with Crippen LogP contribution in [0.3, 0.4) is 0 Å². The van der Waals surface area contributed by atoms with E-state index in [1.807, 2.05) is 36.4 Å². The Morgan fingerprint density at radius 3 is 2.32 bits per heavy atom. The number of benzene rings is 3. The lowest BCUT2D eigenvalue weighted by atomic mass is 9.88. The first-order valence-electron chi connectivity index (χ1n) is 7.51. The average molecular weight is 291 g/mol. The first kappa shape index (κ1) is 13.2. The van der Waals surface area contributed by atoms with Gasteiger partial charge in [-0.25, -0.2) is 0 Å². The van der Waals surface area contributed by atoms with E-state index in [0.717, 1.165) is 40.4 Å². The summed E-state index contributed by atoms with van der Waals surface area (Å²) in [5.41, 5.74) is 4.44. The van der Waals surface area contributed by atoms with E-state index in [2.05, 4.69) is 5.32 Å². The lowest BCUT2D eigenvalue weighted by molar-refractivity contribution is 0.459. The van der Waals surface area contributed by atoms with Crippen molar-refractivity contribution in [2.24, 2.45) is 0 Å². The summed E-state index contributed by atoms with van der Waals surface area (Å²) in [6.45, 7) is 1.62. The minimum Gasteiger partial charge on any atom is -0.508 e. The molecule has 110 valence electrons. The molecule has 3 N–H and O–H groups in total. The SMILES string of the molecule is Oc1ccc(-c2ccc(O)c3ccccc23)c2c1CNCC2. The van der Waals surface area contributed by atoms with Crippen LogP contribution >= 0.6 is 0 Å². The molecule has 0 aliphatic carbocycles. The fourth-order valence-electron chi connectivity index (χ4n) is 3.36. The van der Waals surface area contributed by atoms with Gasteiger partial charge in [-0.15, -0.1) is 0 Å². The number of hydrogen-bond donors (Lipinski definition) is 3. The highest BCUT2D eigenvalue weighted by Crippen LogP contribution is 2.39. The normalized spacial score (nSPS) is 14.0. The predicted molar refractivity (Wildman–Crippen MR) is 88.1 cm³/mol. The van der Waals surface area contributed by atoms with Gasteiger partial charge in [0.05, 0.1) is 0 Å². The van der Waals surface area contributed by atoms with Crippen LogP contribution in [0.5, 0.6) is 11.5 Å². The zero-order chi connectivity index (χ0) is 15.1. The van der Waals surface area contributed by atoms with Crippen LogP contribution in [0.2, 0.25) is 0 Å². The molecule has 0 aromatic heterocycles. The van der Waals surface area contributed by atoms with Crippen LogP contribution in [-0.4, -0.2) is 16.8 Å². The van der Waals surface area contributed by atoms with Crippen molar-refractivity contribution in [3.05, 3.63) is 59.7 Å². The largest absolute Gasteiger partial charge is 0.508 e. The molecule has 3 heteroatoms. The molecule has 0 unspecified atom stereocenters. The van der Waals surface area contributed by atoms with Crippen molar-refractivity contribution < 1.29 is 10.2 Å². The Morgan fingerprint density at radius 1 is 0.727 bits per heavy atom. The van der Waals surface area contributed by atoms with Crippen LogP contribution in [0.1, 0.15) is 11.1 Å². The molecular weight excluding hydrogens is 274 g/mol. The van der Waals surface area contributed by atoms with Gasteiger partial charge in [-0.05, 0) is 47.2 Å². The first-order chi connectivity index (χ1) is 10.8. The molecule has 0 spiro atoms. The maximum atomic E-state index is 10.1. The second-order valence-electron chi connectivity index (χ2n) is 5.69. The minimum atomic E-state index is 0.300. The maximum absolute atomic E-state index is 10.1. The van der Waals surface area contributed by atoms with Crippen molar-refractivity contribution in [2.45, 2.75) is 13.0 Å². The van der Waals surface area contributed by atoms with Crippen LogP contribution in [0, 0.1) is 0 Å². The van der Waals surface area contributed by atoms with E-state index < -0.39 is 0 Å². The van der Waals surface area contributed by atoms with Gasteiger partial charge in [0.25, 0.3) is 0 Å². The molecule has 4 rings (SSSR count). The summed E-state index contributed by atoms with van der Waals surface area (Å²) in [7, 11) is 0. The van der Waals surface area contributed by atoms with Gasteiger partial charge in [-0.3, -0.25) is 0 Å². The molecule has 0 amide bonds. The fourth-order valence-corrected chi connectivity index (χ4v) is 3.36. The molecule has 3 aromatic carbocycles. The van der Waals surface area contributed by atoms with Crippen molar-refractivity contribution in [3.63, 3.8) is 0 Å². The van der Waals surface area contributed by atoms with Crippen molar-refractivity contribution in [2.75, 3.05) is 6.54 Å². The van der Waals surface area contributed by atoms with E-state index in [1.54, 1.807) is 12.1 Å². The van der Waals surface area contributed by atoms with E-state index in [1.165, 1.54) is 5.56 Å². The van der Waals surface area contributed by atoms with Gasteiger partial charge in [-0.1, -0.05) is 36.4 Å². The summed E-state index contributed by atoms with van der Waals surface area (Å²) in [5, 5.41) is 25.4. The van der Waals surface area contributed by atoms with E-state index in [4.69, 9.17) is 0 Å². The summed E-state index contributed by atoms with van der Waals surface area (Å²) in [4.78, 5) is 0. The molecule has 3 aromatic rings. The summed E-state index contributed by atoms with van der Waals surface area (Å²) in [6.07, 6.45) is 0.897. The molecule has 0 saturated carbocycles. The summed E-state index contributed by atoms with van der Waals surface area (Å²) >= 11 is 0. The Labute approximate surface area is 128 Å². The molecule has 1 aliphatic rings. The van der Waals surface area contributed by atoms with Gasteiger partial charge in [0.2, 0.25) is 0 Å². The van der Waals surface area contributed by atoms with Crippen LogP contribution in [0.15, 0.2) is 48.5 Å². The Bertz CT molecular complexity index is 871. The lowest BCUT2D eigenvalue weighted by Crippen LogP contribution is -2.24. The second kappa shape index (κ2) is 5.04. The van der Waals surface area contributed by atoms with Crippen molar-refractivity contribution in [1.82, 2.24) is 5.32 Å². The maximum Gasteiger partial charge on any atom is 0.123 e. The van der Waals surface area contributed by atoms with Crippen molar-refractivity contribution >= 4 is 10.8 Å². The van der Waals surface area contributed by atoms with Crippen LogP contribution in [-0.2, 0) is 13.0 Å². The summed E-state index contributed by atoms with van der Waals surface area (Å²) in [6, 6.07) is 15.3. The highest BCUT2D eigenvalue weighted by Gasteiger charge is 2.18. The third kappa shape index (κ3) is 1.94. The molecule has 0 saturated heterocycles. The molecule has 0 fully saturated rings. The van der Waals surface area contributed by atoms with E-state index in [0.29, 0.717) is 18.0 Å². The number of phenols is 2. The number of nitrogens with one attached hydrogen (secondary N) is 1. The minimum absolute atomic E-state index is 0.300. The molecule has 0 atom stereocenters. The van der Waals surface area contributed by atoms with Gasteiger partial charge < -0.3 is 15.5 Å². The molecule has 1 heterocycles.